The molecule has 45 heavy (non-hydrogen) atoms. The highest BCUT2D eigenvalue weighted by molar-refractivity contribution is 5.87. The van der Waals surface area contributed by atoms with Crippen molar-refractivity contribution in [1.82, 2.24) is 0 Å². The van der Waals surface area contributed by atoms with Crippen molar-refractivity contribution in [2.75, 3.05) is 20.3 Å². The molecule has 0 aliphatic carbocycles. The molecule has 0 spiro atoms. The maximum Gasteiger partial charge on any atom is 0.330 e. The van der Waals surface area contributed by atoms with Crippen molar-refractivity contribution in [2.45, 2.75) is 74.8 Å². The topological polar surface area (TPSA) is 234 Å². The fraction of sp³-hybridized carbons (Fsp3) is 0.500. The number of benzene rings is 2. The van der Waals surface area contributed by atoms with E-state index < -0.39 is 74.0 Å². The Kier molecular flexibility index (Phi) is 11.6. The first-order valence-electron chi connectivity index (χ1n) is 14.1. The first-order valence-corrected chi connectivity index (χ1v) is 14.1. The van der Waals surface area contributed by atoms with E-state index in [4.69, 9.17) is 28.4 Å². The zero-order chi connectivity index (χ0) is 32.8. The van der Waals surface area contributed by atoms with Gasteiger partial charge in [0.2, 0.25) is 0 Å². The molecule has 8 N–H and O–H groups in total. The van der Waals surface area contributed by atoms with Crippen LogP contribution in [0.3, 0.4) is 0 Å². The predicted molar refractivity (Wildman–Crippen MR) is 152 cm³/mol. The molecule has 0 radical (unpaired) electrons. The van der Waals surface area contributed by atoms with Gasteiger partial charge in [0.05, 0.1) is 19.8 Å². The molecule has 2 heterocycles. The second kappa shape index (κ2) is 15.2. The molecule has 2 aromatic rings. The lowest BCUT2D eigenvalue weighted by atomic mass is 9.97. The first kappa shape index (κ1) is 34.4. The van der Waals surface area contributed by atoms with Crippen molar-refractivity contribution in [2.24, 2.45) is 0 Å². The zero-order valence-electron chi connectivity index (χ0n) is 24.4. The smallest absolute Gasteiger partial charge is 0.330 e. The Balaban J connectivity index is 1.45. The third-order valence-corrected chi connectivity index (χ3v) is 7.46. The van der Waals surface area contributed by atoms with Crippen LogP contribution in [0.1, 0.15) is 18.1 Å². The maximum atomic E-state index is 12.4. The molecule has 2 aliphatic rings. The Morgan fingerprint density at radius 1 is 0.844 bits per heavy atom. The van der Waals surface area contributed by atoms with Crippen LogP contribution >= 0.6 is 0 Å². The SMILES string of the molecule is COc1cc(CCO[C@@H]2O[C@H](COC(=O)/C=C\c3ccc(O)c(O)c3)[C@@H](O)[C@H](O[C@@H]3O[C@@H](C)[C@H](O)[C@@H](O)[C@H]3O)[C@H]2O)ccc1O. The summed E-state index contributed by atoms with van der Waals surface area (Å²) in [6.45, 7) is 0.892. The Bertz CT molecular complexity index is 1320. The second-order valence-corrected chi connectivity index (χ2v) is 10.6. The van der Waals surface area contributed by atoms with Gasteiger partial charge in [-0.2, -0.15) is 0 Å². The monoisotopic (exact) mass is 638 g/mol. The number of hydrogen-bond acceptors (Lipinski definition) is 15. The Hall–Kier alpha value is -3.51. The van der Waals surface area contributed by atoms with Crippen LogP contribution in [0.15, 0.2) is 42.5 Å². The van der Waals surface area contributed by atoms with Crippen LogP contribution in [0.4, 0.5) is 0 Å². The lowest BCUT2D eigenvalue weighted by molar-refractivity contribution is -0.357. The molecule has 0 aromatic heterocycles. The minimum Gasteiger partial charge on any atom is -0.504 e. The normalized spacial score (nSPS) is 32.0. The Morgan fingerprint density at radius 2 is 1.58 bits per heavy atom. The standard InChI is InChI=1S/C30H38O15/c1-14-23(35)25(37)26(38)30(43-14)45-28-24(36)21(13-42-22(34)8-5-15-3-6-17(31)19(33)11-15)44-29(27(28)39)41-10-9-16-4-7-18(32)20(12-16)40-2/h3-8,11-12,14,21,23-33,35-39H,9-10,13H2,1-2H3/b8-5-/t14-,21+,23-,24+,25+,26+,27+,28-,29+,30-/m0/s1. The van der Waals surface area contributed by atoms with E-state index in [1.807, 2.05) is 0 Å². The van der Waals surface area contributed by atoms with Gasteiger partial charge in [0, 0.05) is 6.08 Å². The van der Waals surface area contributed by atoms with Gasteiger partial charge in [0.15, 0.2) is 35.6 Å². The summed E-state index contributed by atoms with van der Waals surface area (Å²) in [5, 5.41) is 81.6. The molecule has 2 fully saturated rings. The summed E-state index contributed by atoms with van der Waals surface area (Å²) >= 11 is 0. The summed E-state index contributed by atoms with van der Waals surface area (Å²) in [5.41, 5.74) is 1.11. The summed E-state index contributed by atoms with van der Waals surface area (Å²) in [6, 6.07) is 8.61. The van der Waals surface area contributed by atoms with Gasteiger partial charge in [0.25, 0.3) is 0 Å². The molecule has 0 saturated carbocycles. The summed E-state index contributed by atoms with van der Waals surface area (Å²) < 4.78 is 33.0. The summed E-state index contributed by atoms with van der Waals surface area (Å²) in [6.07, 6.45) is -12.2. The van der Waals surface area contributed by atoms with E-state index >= 15 is 0 Å². The maximum absolute atomic E-state index is 12.4. The zero-order valence-corrected chi connectivity index (χ0v) is 24.4. The van der Waals surface area contributed by atoms with Crippen LogP contribution < -0.4 is 4.74 Å². The van der Waals surface area contributed by atoms with Crippen molar-refractivity contribution >= 4 is 12.0 Å². The number of aliphatic hydroxyl groups is 5. The van der Waals surface area contributed by atoms with E-state index in [0.717, 1.165) is 11.6 Å². The molecule has 2 aromatic carbocycles. The summed E-state index contributed by atoms with van der Waals surface area (Å²) in [7, 11) is 1.40. The third-order valence-electron chi connectivity index (χ3n) is 7.46. The van der Waals surface area contributed by atoms with Gasteiger partial charge in [0.1, 0.15) is 49.3 Å². The van der Waals surface area contributed by atoms with E-state index in [2.05, 4.69) is 0 Å². The molecule has 10 atom stereocenters. The lowest BCUT2D eigenvalue weighted by Gasteiger charge is -2.45. The number of esters is 1. The van der Waals surface area contributed by atoms with E-state index in [1.54, 1.807) is 12.1 Å². The largest absolute Gasteiger partial charge is 0.504 e. The lowest BCUT2D eigenvalue weighted by Crippen LogP contribution is -2.64. The molecule has 0 unspecified atom stereocenters. The number of aliphatic hydroxyl groups excluding tert-OH is 5. The molecule has 2 saturated heterocycles. The van der Waals surface area contributed by atoms with Crippen molar-refractivity contribution in [3.05, 3.63) is 53.6 Å². The van der Waals surface area contributed by atoms with Gasteiger partial charge in [-0.1, -0.05) is 12.1 Å². The van der Waals surface area contributed by atoms with Gasteiger partial charge in [-0.25, -0.2) is 4.79 Å². The van der Waals surface area contributed by atoms with Crippen LogP contribution in [-0.2, 0) is 34.9 Å². The van der Waals surface area contributed by atoms with Crippen molar-refractivity contribution in [1.29, 1.82) is 0 Å². The van der Waals surface area contributed by atoms with Crippen LogP contribution in [0.25, 0.3) is 6.08 Å². The van der Waals surface area contributed by atoms with Gasteiger partial charge in [-0.05, 0) is 54.8 Å². The molecule has 15 heteroatoms. The Labute approximate surface area is 258 Å². The van der Waals surface area contributed by atoms with Crippen LogP contribution in [0.5, 0.6) is 23.0 Å². The fourth-order valence-corrected chi connectivity index (χ4v) is 4.81. The van der Waals surface area contributed by atoms with E-state index in [-0.39, 0.29) is 29.6 Å². The minimum atomic E-state index is -1.73. The molecule has 15 nitrogen and oxygen atoms in total. The number of phenols is 3. The average Bonchev–Trinajstić information content (AvgIpc) is 3.02. The quantitative estimate of drug-likeness (QED) is 0.0862. The van der Waals surface area contributed by atoms with Crippen molar-refractivity contribution in [3.8, 4) is 23.0 Å². The first-order chi connectivity index (χ1) is 21.4. The highest BCUT2D eigenvalue weighted by Gasteiger charge is 2.50. The molecular weight excluding hydrogens is 600 g/mol. The third kappa shape index (κ3) is 8.40. The molecule has 0 amide bonds. The van der Waals surface area contributed by atoms with Crippen LogP contribution in [-0.4, -0.2) is 129 Å². The van der Waals surface area contributed by atoms with Crippen molar-refractivity contribution < 1.29 is 74.1 Å². The van der Waals surface area contributed by atoms with E-state index in [1.165, 1.54) is 44.4 Å². The number of carbonyl (C=O) groups is 1. The van der Waals surface area contributed by atoms with Gasteiger partial charge in [-0.3, -0.25) is 0 Å². The number of hydrogen-bond donors (Lipinski definition) is 8. The van der Waals surface area contributed by atoms with Crippen LogP contribution in [0.2, 0.25) is 0 Å². The van der Waals surface area contributed by atoms with E-state index in [0.29, 0.717) is 12.0 Å². The highest BCUT2D eigenvalue weighted by Crippen LogP contribution is 2.31. The number of rotatable bonds is 11. The van der Waals surface area contributed by atoms with E-state index in [9.17, 15) is 45.6 Å². The molecule has 2 aliphatic heterocycles. The second-order valence-electron chi connectivity index (χ2n) is 10.6. The molecule has 248 valence electrons. The van der Waals surface area contributed by atoms with Gasteiger partial charge < -0.3 is 69.3 Å². The summed E-state index contributed by atoms with van der Waals surface area (Å²) in [5.74, 6) is -1.35. The van der Waals surface area contributed by atoms with Gasteiger partial charge >= 0.3 is 5.97 Å². The van der Waals surface area contributed by atoms with Crippen LogP contribution in [0, 0.1) is 0 Å². The number of aromatic hydroxyl groups is 3. The molecule has 0 bridgehead atoms. The number of carbonyl (C=O) groups excluding carboxylic acids is 1. The summed E-state index contributed by atoms with van der Waals surface area (Å²) in [4.78, 5) is 12.4. The van der Waals surface area contributed by atoms with Gasteiger partial charge in [-0.15, -0.1) is 0 Å². The fourth-order valence-electron chi connectivity index (χ4n) is 4.81. The molecular formula is C30H38O15. The average molecular weight is 639 g/mol. The number of phenolic OH excluding ortho intramolecular Hbond substituents is 3. The predicted octanol–water partition coefficient (Wildman–Crippen LogP) is -0.713. The minimum absolute atomic E-state index is 0.0162. The Morgan fingerprint density at radius 3 is 2.29 bits per heavy atom. The van der Waals surface area contributed by atoms with Crippen molar-refractivity contribution in [3.63, 3.8) is 0 Å². The number of ether oxygens (including phenoxy) is 6. The molecule has 4 rings (SSSR count). The highest BCUT2D eigenvalue weighted by atomic mass is 16.7. The number of methoxy groups -OCH3 is 1.